The van der Waals surface area contributed by atoms with E-state index in [1.54, 1.807) is 0 Å². The summed E-state index contributed by atoms with van der Waals surface area (Å²) in [5.41, 5.74) is 0. The molecular formula is C14H26O7. The van der Waals surface area contributed by atoms with Crippen molar-refractivity contribution in [1.82, 2.24) is 0 Å². The summed E-state index contributed by atoms with van der Waals surface area (Å²) in [5, 5.41) is 8.40. The number of ether oxygens (including phenoxy) is 4. The van der Waals surface area contributed by atoms with E-state index in [2.05, 4.69) is 11.7 Å². The molecule has 1 rings (SSSR count). The fourth-order valence-electron chi connectivity index (χ4n) is 1.29. The van der Waals surface area contributed by atoms with E-state index < -0.39 is 11.9 Å². The molecule has 1 heterocycles. The zero-order chi connectivity index (χ0) is 15.8. The van der Waals surface area contributed by atoms with Crippen LogP contribution in [-0.4, -0.2) is 63.3 Å². The molecule has 21 heavy (non-hydrogen) atoms. The van der Waals surface area contributed by atoms with E-state index in [0.29, 0.717) is 33.0 Å². The molecule has 7 heteroatoms. The van der Waals surface area contributed by atoms with E-state index >= 15 is 0 Å². The molecule has 0 amide bonds. The Bertz CT molecular complexity index is 242. The zero-order valence-electron chi connectivity index (χ0n) is 12.7. The SMILES string of the molecule is CCCCOCCOCCOCCO.O=C1CCC(=O)O1. The third kappa shape index (κ3) is 15.2. The number of hydrogen-bond acceptors (Lipinski definition) is 7. The quantitative estimate of drug-likeness (QED) is 0.341. The number of carbonyl (C=O) groups is 2. The average molecular weight is 306 g/mol. The first-order valence-electron chi connectivity index (χ1n) is 7.28. The van der Waals surface area contributed by atoms with Gasteiger partial charge in [-0.15, -0.1) is 0 Å². The number of unbranched alkanes of at least 4 members (excludes halogenated alkanes) is 1. The molecule has 124 valence electrons. The van der Waals surface area contributed by atoms with Gasteiger partial charge in [0, 0.05) is 6.61 Å². The second kappa shape index (κ2) is 15.4. The van der Waals surface area contributed by atoms with Gasteiger partial charge in [0.05, 0.1) is 52.5 Å². The standard InChI is InChI=1S/C10H22O4.C4H4O3/c1-2-3-5-12-7-9-14-10-8-13-6-4-11;5-3-1-2-4(6)7-3/h11H,2-10H2,1H3;1-2H2. The Morgan fingerprint density at radius 3 is 1.76 bits per heavy atom. The van der Waals surface area contributed by atoms with Crippen molar-refractivity contribution in [3.8, 4) is 0 Å². The third-order valence-electron chi connectivity index (χ3n) is 2.38. The summed E-state index contributed by atoms with van der Waals surface area (Å²) in [6.07, 6.45) is 2.80. The van der Waals surface area contributed by atoms with Gasteiger partial charge in [-0.25, -0.2) is 0 Å². The van der Waals surface area contributed by atoms with Crippen LogP contribution in [0.15, 0.2) is 0 Å². The molecule has 0 aromatic heterocycles. The number of hydrogen-bond donors (Lipinski definition) is 1. The van der Waals surface area contributed by atoms with Crippen molar-refractivity contribution < 1.29 is 33.6 Å². The van der Waals surface area contributed by atoms with E-state index in [-0.39, 0.29) is 19.4 Å². The summed E-state index contributed by atoms with van der Waals surface area (Å²) >= 11 is 0. The molecule has 0 unspecified atom stereocenters. The Labute approximate surface area is 125 Å². The highest BCUT2D eigenvalue weighted by molar-refractivity contribution is 5.92. The van der Waals surface area contributed by atoms with Crippen LogP contribution in [0.4, 0.5) is 0 Å². The van der Waals surface area contributed by atoms with E-state index in [0.717, 1.165) is 19.4 Å². The second-order valence-corrected chi connectivity index (χ2v) is 4.26. The summed E-state index contributed by atoms with van der Waals surface area (Å²) in [7, 11) is 0. The molecule has 0 atom stereocenters. The highest BCUT2D eigenvalue weighted by Crippen LogP contribution is 2.03. The Morgan fingerprint density at radius 1 is 0.905 bits per heavy atom. The van der Waals surface area contributed by atoms with Crippen molar-refractivity contribution in [2.24, 2.45) is 0 Å². The normalized spacial score (nSPS) is 13.8. The van der Waals surface area contributed by atoms with Gasteiger partial charge in [-0.3, -0.25) is 9.59 Å². The molecule has 1 aliphatic rings. The van der Waals surface area contributed by atoms with Gasteiger partial charge in [-0.2, -0.15) is 0 Å². The molecule has 0 aromatic carbocycles. The maximum atomic E-state index is 10.0. The maximum Gasteiger partial charge on any atom is 0.314 e. The molecule has 0 spiro atoms. The van der Waals surface area contributed by atoms with Crippen LogP contribution in [0.3, 0.4) is 0 Å². The molecule has 1 N–H and O–H groups in total. The van der Waals surface area contributed by atoms with E-state index in [9.17, 15) is 9.59 Å². The molecule has 1 saturated heterocycles. The fraction of sp³-hybridized carbons (Fsp3) is 0.857. The lowest BCUT2D eigenvalue weighted by Gasteiger charge is -2.05. The minimum absolute atomic E-state index is 0.0696. The summed E-state index contributed by atoms with van der Waals surface area (Å²) in [6.45, 7) is 5.79. The molecule has 0 aliphatic carbocycles. The average Bonchev–Trinajstić information content (AvgIpc) is 2.85. The number of cyclic esters (lactones) is 2. The first kappa shape index (κ1) is 20.0. The molecular weight excluding hydrogens is 280 g/mol. The summed E-state index contributed by atoms with van der Waals surface area (Å²) in [5.74, 6) is -0.796. The van der Waals surface area contributed by atoms with Gasteiger partial charge >= 0.3 is 11.9 Å². The Balaban J connectivity index is 0.000000471. The lowest BCUT2D eigenvalue weighted by atomic mass is 10.4. The largest absolute Gasteiger partial charge is 0.394 e. The fourth-order valence-corrected chi connectivity index (χ4v) is 1.29. The van der Waals surface area contributed by atoms with Crippen LogP contribution in [0.25, 0.3) is 0 Å². The van der Waals surface area contributed by atoms with Crippen molar-refractivity contribution >= 4 is 11.9 Å². The molecule has 0 saturated carbocycles. The minimum atomic E-state index is -0.398. The van der Waals surface area contributed by atoms with Crippen LogP contribution >= 0.6 is 0 Å². The maximum absolute atomic E-state index is 10.0. The molecule has 0 bridgehead atoms. The summed E-state index contributed by atoms with van der Waals surface area (Å²) in [4.78, 5) is 20.0. The smallest absolute Gasteiger partial charge is 0.314 e. The van der Waals surface area contributed by atoms with Crippen LogP contribution in [0.5, 0.6) is 0 Å². The Kier molecular flexibility index (Phi) is 14.6. The van der Waals surface area contributed by atoms with E-state index in [4.69, 9.17) is 19.3 Å². The van der Waals surface area contributed by atoms with Crippen LogP contribution in [-0.2, 0) is 28.5 Å². The molecule has 1 aliphatic heterocycles. The van der Waals surface area contributed by atoms with Crippen molar-refractivity contribution in [3.05, 3.63) is 0 Å². The predicted molar refractivity (Wildman–Crippen MR) is 74.8 cm³/mol. The minimum Gasteiger partial charge on any atom is -0.394 e. The monoisotopic (exact) mass is 306 g/mol. The van der Waals surface area contributed by atoms with Gasteiger partial charge in [0.15, 0.2) is 0 Å². The van der Waals surface area contributed by atoms with Gasteiger partial charge < -0.3 is 24.1 Å². The van der Waals surface area contributed by atoms with Crippen LogP contribution in [0.2, 0.25) is 0 Å². The van der Waals surface area contributed by atoms with Gasteiger partial charge in [0.25, 0.3) is 0 Å². The predicted octanol–water partition coefficient (Wildman–Crippen LogP) is 0.679. The molecule has 1 fully saturated rings. The van der Waals surface area contributed by atoms with E-state index in [1.165, 1.54) is 0 Å². The lowest BCUT2D eigenvalue weighted by molar-refractivity contribution is -0.151. The summed E-state index contributed by atoms with van der Waals surface area (Å²) in [6, 6.07) is 0. The Hall–Kier alpha value is -1.02. The number of aliphatic hydroxyl groups excluding tert-OH is 1. The van der Waals surface area contributed by atoms with Crippen LogP contribution in [0, 0.1) is 0 Å². The molecule has 0 aromatic rings. The number of aliphatic hydroxyl groups is 1. The first-order valence-corrected chi connectivity index (χ1v) is 7.28. The van der Waals surface area contributed by atoms with Gasteiger partial charge in [-0.1, -0.05) is 13.3 Å². The highest BCUT2D eigenvalue weighted by Gasteiger charge is 2.19. The first-order chi connectivity index (χ1) is 10.2. The van der Waals surface area contributed by atoms with Crippen molar-refractivity contribution in [1.29, 1.82) is 0 Å². The molecule has 7 nitrogen and oxygen atoms in total. The number of carbonyl (C=O) groups excluding carboxylic acids is 2. The van der Waals surface area contributed by atoms with Crippen LogP contribution in [0.1, 0.15) is 32.6 Å². The van der Waals surface area contributed by atoms with Crippen molar-refractivity contribution in [3.63, 3.8) is 0 Å². The second-order valence-electron chi connectivity index (χ2n) is 4.26. The third-order valence-corrected chi connectivity index (χ3v) is 2.38. The van der Waals surface area contributed by atoms with Crippen molar-refractivity contribution in [2.75, 3.05) is 46.2 Å². The number of rotatable bonds is 11. The summed E-state index contributed by atoms with van der Waals surface area (Å²) < 4.78 is 19.6. The van der Waals surface area contributed by atoms with Gasteiger partial charge in [0.2, 0.25) is 0 Å². The molecule has 0 radical (unpaired) electrons. The highest BCUT2D eigenvalue weighted by atomic mass is 16.6. The van der Waals surface area contributed by atoms with Crippen molar-refractivity contribution in [2.45, 2.75) is 32.6 Å². The van der Waals surface area contributed by atoms with Gasteiger partial charge in [-0.05, 0) is 6.42 Å². The zero-order valence-corrected chi connectivity index (χ0v) is 12.7. The lowest BCUT2D eigenvalue weighted by Crippen LogP contribution is -2.11. The number of esters is 2. The van der Waals surface area contributed by atoms with Crippen LogP contribution < -0.4 is 0 Å². The topological polar surface area (TPSA) is 91.3 Å². The Morgan fingerprint density at radius 2 is 1.38 bits per heavy atom. The van der Waals surface area contributed by atoms with Gasteiger partial charge in [0.1, 0.15) is 0 Å². The van der Waals surface area contributed by atoms with E-state index in [1.807, 2.05) is 0 Å².